The van der Waals surface area contributed by atoms with Crippen LogP contribution in [0.25, 0.3) is 5.73 Å². The van der Waals surface area contributed by atoms with E-state index in [0.29, 0.717) is 33.5 Å². The molecule has 0 atom stereocenters. The summed E-state index contributed by atoms with van der Waals surface area (Å²) in [7, 11) is 0. The second-order valence-electron chi connectivity index (χ2n) is 8.69. The molecule has 0 aromatic heterocycles. The minimum atomic E-state index is -0.133. The van der Waals surface area contributed by atoms with Crippen LogP contribution in [0, 0.1) is 11.3 Å². The molecule has 8 heteroatoms. The van der Waals surface area contributed by atoms with Crippen LogP contribution < -0.4 is 5.32 Å². The van der Waals surface area contributed by atoms with Crippen LogP contribution >= 0.6 is 23.2 Å². The van der Waals surface area contributed by atoms with Crippen LogP contribution in [0.15, 0.2) is 18.2 Å². The fourth-order valence-electron chi connectivity index (χ4n) is 4.30. The first kappa shape index (κ1) is 24.1. The van der Waals surface area contributed by atoms with Crippen molar-refractivity contribution in [3.05, 3.63) is 39.5 Å². The normalized spacial score (nSPS) is 21.9. The Balaban J connectivity index is 0.000000344. The molecule has 5 nitrogen and oxygen atoms in total. The van der Waals surface area contributed by atoms with E-state index >= 15 is 0 Å². The molecule has 1 amide bonds. The van der Waals surface area contributed by atoms with Gasteiger partial charge in [0.05, 0.1) is 6.73 Å². The monoisotopic (exact) mass is 596 g/mol. The van der Waals surface area contributed by atoms with Gasteiger partial charge in [0, 0.05) is 56.3 Å². The number of likely N-dealkylation sites (tertiary alicyclic amines) is 1. The summed E-state index contributed by atoms with van der Waals surface area (Å²) in [4.78, 5) is 14.1. The van der Waals surface area contributed by atoms with Crippen molar-refractivity contribution in [1.82, 2.24) is 10.2 Å². The molecular formula is C20H28Cl2N3O2W-. The van der Waals surface area contributed by atoms with Crippen molar-refractivity contribution in [3.8, 4) is 0 Å². The first-order valence-electron chi connectivity index (χ1n) is 9.53. The van der Waals surface area contributed by atoms with Crippen LogP contribution in [-0.2, 0) is 21.1 Å². The van der Waals surface area contributed by atoms with Crippen molar-refractivity contribution >= 4 is 29.1 Å². The van der Waals surface area contributed by atoms with Crippen molar-refractivity contribution in [3.63, 3.8) is 0 Å². The van der Waals surface area contributed by atoms with E-state index < -0.39 is 0 Å². The third-order valence-electron chi connectivity index (χ3n) is 5.89. The minimum Gasteiger partial charge on any atom is -0.672 e. The van der Waals surface area contributed by atoms with E-state index in [1.807, 2.05) is 11.8 Å². The second kappa shape index (κ2) is 9.76. The number of carbonyl (C=O) groups excluding carboxylic acids is 1. The predicted octanol–water partition coefficient (Wildman–Crippen LogP) is 4.36. The van der Waals surface area contributed by atoms with Gasteiger partial charge in [0.25, 0.3) is 5.91 Å². The van der Waals surface area contributed by atoms with Gasteiger partial charge in [-0.2, -0.15) is 0 Å². The molecular weight excluding hydrogens is 569 g/mol. The minimum absolute atomic E-state index is 0. The molecule has 3 aliphatic rings. The Hall–Kier alpha value is -0.162. The predicted molar refractivity (Wildman–Crippen MR) is 109 cm³/mol. The van der Waals surface area contributed by atoms with Crippen LogP contribution in [0.1, 0.15) is 49.4 Å². The van der Waals surface area contributed by atoms with E-state index in [0.717, 1.165) is 38.8 Å². The third-order valence-corrected chi connectivity index (χ3v) is 6.33. The quantitative estimate of drug-likeness (QED) is 0.542. The maximum Gasteiger partial charge on any atom is 0.251 e. The zero-order valence-corrected chi connectivity index (χ0v) is 20.6. The molecule has 0 bridgehead atoms. The van der Waals surface area contributed by atoms with Gasteiger partial charge in [0.15, 0.2) is 0 Å². The largest absolute Gasteiger partial charge is 0.672 e. The van der Waals surface area contributed by atoms with E-state index in [1.165, 1.54) is 6.42 Å². The average Bonchev–Trinajstić information content (AvgIpc) is 2.50. The van der Waals surface area contributed by atoms with Gasteiger partial charge in [-0.25, -0.2) is 0 Å². The molecule has 1 saturated heterocycles. The summed E-state index contributed by atoms with van der Waals surface area (Å²) < 4.78 is 0. The summed E-state index contributed by atoms with van der Waals surface area (Å²) in [6, 6.07) is 4.85. The molecule has 4 rings (SSSR count). The standard InChI is InChI=1S/C15H18Cl2N2O2.C5H10N.W/c16-12-1-11(2-13(17)3-12)14(21)18-6-10-4-15(5-10)7-19(8-15)9-20;1-5(6)3-2-4-5;/h1-3,10,20H,4-9H2,(H,18,21);6H,2-4H2,1H3;/q;-1;. The summed E-state index contributed by atoms with van der Waals surface area (Å²) in [5.41, 5.74) is 8.14. The zero-order valence-electron chi connectivity index (χ0n) is 16.1. The number of carbonyl (C=O) groups is 1. The van der Waals surface area contributed by atoms with Crippen molar-refractivity contribution in [2.24, 2.45) is 11.3 Å². The Kier molecular flexibility index (Phi) is 8.41. The van der Waals surface area contributed by atoms with E-state index in [-0.39, 0.29) is 39.2 Å². The Bertz CT molecular complexity index is 662. The van der Waals surface area contributed by atoms with Gasteiger partial charge in [0.2, 0.25) is 0 Å². The average molecular weight is 597 g/mol. The summed E-state index contributed by atoms with van der Waals surface area (Å²) in [5, 5.41) is 12.9. The van der Waals surface area contributed by atoms with Gasteiger partial charge in [-0.15, -0.1) is 5.54 Å². The number of benzene rings is 1. The van der Waals surface area contributed by atoms with Crippen LogP contribution in [0.2, 0.25) is 10.0 Å². The number of rotatable bonds is 4. The van der Waals surface area contributed by atoms with Crippen LogP contribution in [0.4, 0.5) is 0 Å². The van der Waals surface area contributed by atoms with Crippen molar-refractivity contribution < 1.29 is 31.0 Å². The number of nitrogens with one attached hydrogen (secondary N) is 2. The Morgan fingerprint density at radius 2 is 1.79 bits per heavy atom. The third kappa shape index (κ3) is 6.17. The Labute approximate surface area is 191 Å². The van der Waals surface area contributed by atoms with Crippen molar-refractivity contribution in [2.75, 3.05) is 26.4 Å². The van der Waals surface area contributed by atoms with Gasteiger partial charge in [-0.3, -0.25) is 9.69 Å². The number of aliphatic hydroxyl groups excluding tert-OH is 1. The van der Waals surface area contributed by atoms with Crippen LogP contribution in [-0.4, -0.2) is 47.8 Å². The van der Waals surface area contributed by atoms with Crippen molar-refractivity contribution in [1.29, 1.82) is 0 Å². The van der Waals surface area contributed by atoms with E-state index in [2.05, 4.69) is 5.32 Å². The summed E-state index contributed by atoms with van der Waals surface area (Å²) in [6.07, 6.45) is 5.76. The number of halogens is 2. The summed E-state index contributed by atoms with van der Waals surface area (Å²) in [6.45, 7) is 4.80. The van der Waals surface area contributed by atoms with Gasteiger partial charge in [-0.05, 0) is 42.4 Å². The van der Waals surface area contributed by atoms with E-state index in [9.17, 15) is 4.79 Å². The van der Waals surface area contributed by atoms with Crippen molar-refractivity contribution in [2.45, 2.75) is 44.6 Å². The van der Waals surface area contributed by atoms with E-state index in [1.54, 1.807) is 18.2 Å². The number of aliphatic hydroxyl groups is 1. The zero-order chi connectivity index (χ0) is 19.7. The fourth-order valence-corrected chi connectivity index (χ4v) is 4.83. The van der Waals surface area contributed by atoms with Gasteiger partial charge in [-0.1, -0.05) is 49.4 Å². The van der Waals surface area contributed by atoms with E-state index in [4.69, 9.17) is 34.0 Å². The first-order valence-corrected chi connectivity index (χ1v) is 10.3. The Morgan fingerprint density at radius 1 is 1.25 bits per heavy atom. The molecule has 1 spiro atoms. The maximum atomic E-state index is 12.1. The smallest absolute Gasteiger partial charge is 0.251 e. The molecule has 2 saturated carbocycles. The van der Waals surface area contributed by atoms with Crippen LogP contribution in [0.5, 0.6) is 0 Å². The molecule has 1 aromatic rings. The molecule has 28 heavy (non-hydrogen) atoms. The topological polar surface area (TPSA) is 76.4 Å². The molecule has 3 N–H and O–H groups in total. The number of hydrogen-bond acceptors (Lipinski definition) is 3. The Morgan fingerprint density at radius 3 is 2.21 bits per heavy atom. The molecule has 156 valence electrons. The first-order chi connectivity index (χ1) is 12.7. The molecule has 1 aromatic carbocycles. The second-order valence-corrected chi connectivity index (χ2v) is 9.56. The number of nitrogens with zero attached hydrogens (tertiary/aromatic N) is 1. The SMILES string of the molecule is CC1([NH-])CCC1.O=C(NCC1CC2(C1)CN(CO)C2)c1cc(Cl)cc(Cl)c1.[W]. The fraction of sp³-hybridized carbons (Fsp3) is 0.650. The number of amides is 1. The molecule has 2 aliphatic carbocycles. The van der Waals surface area contributed by atoms with Gasteiger partial charge >= 0.3 is 0 Å². The van der Waals surface area contributed by atoms with Crippen LogP contribution in [0.3, 0.4) is 0 Å². The summed E-state index contributed by atoms with van der Waals surface area (Å²) >= 11 is 11.8. The molecule has 3 fully saturated rings. The number of hydrogen-bond donors (Lipinski definition) is 2. The molecule has 1 heterocycles. The maximum absolute atomic E-state index is 12.1. The van der Waals surface area contributed by atoms with Gasteiger partial charge < -0.3 is 16.2 Å². The van der Waals surface area contributed by atoms with Gasteiger partial charge in [0.1, 0.15) is 0 Å². The summed E-state index contributed by atoms with van der Waals surface area (Å²) in [5.74, 6) is 0.399. The molecule has 1 aliphatic heterocycles. The molecule has 0 radical (unpaired) electrons. The molecule has 0 unspecified atom stereocenters.